The molecule has 0 heterocycles. The van der Waals surface area contributed by atoms with Crippen LogP contribution in [0.25, 0.3) is 0 Å². The Kier molecular flexibility index (Phi) is 17.4. The van der Waals surface area contributed by atoms with Crippen LogP contribution in [0.2, 0.25) is 0 Å². The van der Waals surface area contributed by atoms with Gasteiger partial charge in [-0.2, -0.15) is 0 Å². The molecule has 0 saturated heterocycles. The van der Waals surface area contributed by atoms with Gasteiger partial charge in [0.05, 0.1) is 0 Å². The van der Waals surface area contributed by atoms with Crippen molar-refractivity contribution in [2.75, 3.05) is 0 Å². The predicted octanol–water partition coefficient (Wildman–Crippen LogP) is 1.62. The van der Waals surface area contributed by atoms with Crippen LogP contribution >= 0.6 is 0 Å². The topological polar surface area (TPSA) is 0 Å². The van der Waals surface area contributed by atoms with Gasteiger partial charge in [0.2, 0.25) is 0 Å². The van der Waals surface area contributed by atoms with E-state index in [9.17, 15) is 0 Å². The average molecular weight is 197 g/mol. The van der Waals surface area contributed by atoms with Crippen molar-refractivity contribution in [3.05, 3.63) is 6.92 Å². The van der Waals surface area contributed by atoms with Crippen molar-refractivity contribution in [2.45, 2.75) is 19.8 Å². The molecule has 0 aromatic carbocycles. The maximum Gasteiger partial charge on any atom is 0 e. The van der Waals surface area contributed by atoms with Crippen molar-refractivity contribution in [1.29, 1.82) is 0 Å². The molecule has 0 nitrogen and oxygen atoms in total. The van der Waals surface area contributed by atoms with Gasteiger partial charge in [0, 0.05) is 41.7 Å². The molecule has 0 saturated carbocycles. The van der Waals surface area contributed by atoms with Crippen LogP contribution in [-0.4, -0.2) is 0 Å². The van der Waals surface area contributed by atoms with E-state index >= 15 is 0 Å². The molecule has 0 fully saturated rings. The quantitative estimate of drug-likeness (QED) is 0.599. The summed E-state index contributed by atoms with van der Waals surface area (Å²) in [7, 11) is 0. The molecular weight excluding hydrogens is 188 g/mol. The molecule has 0 N–H and O–H groups in total. The van der Waals surface area contributed by atoms with E-state index in [0.717, 1.165) is 6.42 Å². The summed E-state index contributed by atoms with van der Waals surface area (Å²) in [5.74, 6) is 0. The fourth-order valence-corrected chi connectivity index (χ4v) is 0. The molecule has 0 amide bonds. The van der Waals surface area contributed by atoms with Gasteiger partial charge in [0.25, 0.3) is 0 Å². The first-order valence-corrected chi connectivity index (χ1v) is 1.71. The molecule has 0 aromatic rings. The Hall–Kier alpha value is 1.38. The molecule has 0 aliphatic rings. The van der Waals surface area contributed by atoms with Gasteiger partial charge in [0.1, 0.15) is 0 Å². The third kappa shape index (κ3) is 10.9. The maximum absolute atomic E-state index is 3.60. The van der Waals surface area contributed by atoms with E-state index in [1.54, 1.807) is 0 Å². The Morgan fingerprint density at radius 2 is 1.80 bits per heavy atom. The van der Waals surface area contributed by atoms with Crippen molar-refractivity contribution in [1.82, 2.24) is 0 Å². The third-order valence-electron chi connectivity index (χ3n) is 0.354. The summed E-state index contributed by atoms with van der Waals surface area (Å²) >= 11 is 0. The fourth-order valence-electron chi connectivity index (χ4n) is 0. The summed E-state index contributed by atoms with van der Waals surface area (Å²) in [6, 6.07) is 0. The van der Waals surface area contributed by atoms with E-state index in [1.165, 1.54) is 6.42 Å². The monoisotopic (exact) mass is 197 g/mol. The van der Waals surface area contributed by atoms with E-state index in [-0.39, 0.29) is 41.7 Å². The molecule has 0 bridgehead atoms. The molecule has 0 unspecified atom stereocenters. The Morgan fingerprint density at radius 1 is 1.60 bits per heavy atom. The van der Waals surface area contributed by atoms with Crippen LogP contribution in [0, 0.1) is 48.7 Å². The summed E-state index contributed by atoms with van der Waals surface area (Å²) in [6.45, 7) is 5.72. The number of hydrogen-bond donors (Lipinski definition) is 0. The van der Waals surface area contributed by atoms with E-state index in [4.69, 9.17) is 0 Å². The van der Waals surface area contributed by atoms with Crippen molar-refractivity contribution < 1.29 is 41.7 Å². The minimum atomic E-state index is 0. The molecule has 1 heteroatoms. The van der Waals surface area contributed by atoms with E-state index in [1.807, 2.05) is 0 Å². The van der Waals surface area contributed by atoms with Gasteiger partial charge in [-0.25, -0.2) is 0 Å². The SMILES string of the molecule is [CH2]CCC.[Ce]. The summed E-state index contributed by atoms with van der Waals surface area (Å²) in [6.07, 6.45) is 2.28. The van der Waals surface area contributed by atoms with Gasteiger partial charge >= 0.3 is 0 Å². The number of rotatable bonds is 1. The molecule has 0 spiro atoms. The van der Waals surface area contributed by atoms with Gasteiger partial charge in [0.15, 0.2) is 0 Å². The third-order valence-corrected chi connectivity index (χ3v) is 0.354. The second-order valence-corrected chi connectivity index (χ2v) is 0.854. The van der Waals surface area contributed by atoms with Crippen LogP contribution in [0.5, 0.6) is 0 Å². The van der Waals surface area contributed by atoms with Gasteiger partial charge in [-0.3, -0.25) is 0 Å². The summed E-state index contributed by atoms with van der Waals surface area (Å²) in [5, 5.41) is 0. The van der Waals surface area contributed by atoms with Crippen molar-refractivity contribution in [3.8, 4) is 0 Å². The molecule has 5 heavy (non-hydrogen) atoms. The molecule has 0 aliphatic heterocycles. The normalized spacial score (nSPS) is 6.00. The summed E-state index contributed by atoms with van der Waals surface area (Å²) in [5.41, 5.74) is 0. The molecule has 0 aromatic heterocycles. The van der Waals surface area contributed by atoms with Gasteiger partial charge < -0.3 is 0 Å². The fraction of sp³-hybridized carbons (Fsp3) is 0.750. The first-order valence-electron chi connectivity index (χ1n) is 1.71. The van der Waals surface area contributed by atoms with Crippen molar-refractivity contribution >= 4 is 0 Å². The van der Waals surface area contributed by atoms with Crippen LogP contribution < -0.4 is 0 Å². The minimum absolute atomic E-state index is 0. The van der Waals surface area contributed by atoms with Gasteiger partial charge in [-0.15, -0.1) is 0 Å². The maximum atomic E-state index is 3.60. The average Bonchev–Trinajstić information content (AvgIpc) is 1.37. The molecule has 0 aliphatic carbocycles. The minimum Gasteiger partial charge on any atom is -0.0654 e. The zero-order valence-corrected chi connectivity index (χ0v) is 6.76. The standard InChI is InChI=1S/C4H9.Ce/c1-3-4-2;/h1,3-4H2,2H3;. The molecule has 29 valence electrons. The number of unbranched alkanes of at least 4 members (excludes halogenated alkanes) is 1. The smallest absolute Gasteiger partial charge is 0 e. The van der Waals surface area contributed by atoms with Crippen LogP contribution in [0.4, 0.5) is 0 Å². The molecule has 1 radical (unpaired) electrons. The Balaban J connectivity index is 0. The second-order valence-electron chi connectivity index (χ2n) is 0.854. The first kappa shape index (κ1) is 9.62. The molecule has 0 rings (SSSR count). The number of hydrogen-bond acceptors (Lipinski definition) is 0. The summed E-state index contributed by atoms with van der Waals surface area (Å²) in [4.78, 5) is 0. The summed E-state index contributed by atoms with van der Waals surface area (Å²) < 4.78 is 0. The Labute approximate surface area is 67.7 Å². The van der Waals surface area contributed by atoms with Crippen LogP contribution in [0.1, 0.15) is 19.8 Å². The molecular formula is C4H9Ce. The zero-order chi connectivity index (χ0) is 3.41. The second kappa shape index (κ2) is 9.03. The molecule has 0 atom stereocenters. The first-order chi connectivity index (χ1) is 1.91. The van der Waals surface area contributed by atoms with Crippen molar-refractivity contribution in [3.63, 3.8) is 0 Å². The van der Waals surface area contributed by atoms with E-state index < -0.39 is 0 Å². The Morgan fingerprint density at radius 3 is 1.80 bits per heavy atom. The van der Waals surface area contributed by atoms with Gasteiger partial charge in [-0.05, 0) is 0 Å². The van der Waals surface area contributed by atoms with E-state index in [2.05, 4.69) is 13.8 Å². The van der Waals surface area contributed by atoms with Crippen LogP contribution in [0.3, 0.4) is 0 Å². The van der Waals surface area contributed by atoms with Gasteiger partial charge in [-0.1, -0.05) is 26.7 Å². The van der Waals surface area contributed by atoms with Crippen molar-refractivity contribution in [2.24, 2.45) is 0 Å². The van der Waals surface area contributed by atoms with E-state index in [0.29, 0.717) is 0 Å². The Bertz CT molecular complexity index is 5.61. The largest absolute Gasteiger partial charge is 0.0654 e. The predicted molar refractivity (Wildman–Crippen MR) is 20.3 cm³/mol. The van der Waals surface area contributed by atoms with Crippen LogP contribution in [0.15, 0.2) is 0 Å². The van der Waals surface area contributed by atoms with Crippen LogP contribution in [-0.2, 0) is 0 Å². The zero-order valence-electron chi connectivity index (χ0n) is 3.62.